The summed E-state index contributed by atoms with van der Waals surface area (Å²) >= 11 is 0. The smallest absolute Gasteiger partial charge is 0.312 e. The standard InChI is InChI=1S/C16H22FN3O3/c17-10-4-3-5-11(8-10)23-13-9-12(19-16(18)22)14(15(13)21)20-6-1-2-7-20/h3-5,8,12-15,21H,1-2,6-7,9H2,(H3,18,19,22)/t12-,13-,14+,15+/m1/s1. The van der Waals surface area contributed by atoms with Gasteiger partial charge in [-0.05, 0) is 38.1 Å². The second kappa shape index (κ2) is 6.72. The Morgan fingerprint density at radius 1 is 1.39 bits per heavy atom. The van der Waals surface area contributed by atoms with E-state index in [0.717, 1.165) is 25.9 Å². The average molecular weight is 323 g/mol. The van der Waals surface area contributed by atoms with Crippen molar-refractivity contribution in [2.45, 2.75) is 43.6 Å². The lowest BCUT2D eigenvalue weighted by Gasteiger charge is -2.31. The number of nitrogens with two attached hydrogens (primary N) is 1. The summed E-state index contributed by atoms with van der Waals surface area (Å²) in [5, 5.41) is 13.4. The molecule has 7 heteroatoms. The molecule has 1 saturated carbocycles. The summed E-state index contributed by atoms with van der Waals surface area (Å²) in [4.78, 5) is 13.4. The molecular weight excluding hydrogens is 301 g/mol. The van der Waals surface area contributed by atoms with Crippen LogP contribution in [0.4, 0.5) is 9.18 Å². The summed E-state index contributed by atoms with van der Waals surface area (Å²) in [5.74, 6) is -0.0214. The van der Waals surface area contributed by atoms with Crippen molar-refractivity contribution in [3.05, 3.63) is 30.1 Å². The van der Waals surface area contributed by atoms with Crippen LogP contribution in [0, 0.1) is 5.82 Å². The average Bonchev–Trinajstić information content (AvgIpc) is 3.08. The lowest BCUT2D eigenvalue weighted by Crippen LogP contribution is -2.53. The summed E-state index contributed by atoms with van der Waals surface area (Å²) in [5.41, 5.74) is 5.26. The Morgan fingerprint density at radius 3 is 2.78 bits per heavy atom. The number of ether oxygens (including phenoxy) is 1. The van der Waals surface area contributed by atoms with Crippen molar-refractivity contribution >= 4 is 6.03 Å². The highest BCUT2D eigenvalue weighted by molar-refractivity contribution is 5.72. The molecule has 23 heavy (non-hydrogen) atoms. The van der Waals surface area contributed by atoms with Crippen molar-refractivity contribution in [3.8, 4) is 5.75 Å². The molecule has 1 saturated heterocycles. The van der Waals surface area contributed by atoms with Crippen LogP contribution in [0.1, 0.15) is 19.3 Å². The van der Waals surface area contributed by atoms with Gasteiger partial charge in [0.25, 0.3) is 0 Å². The number of carbonyl (C=O) groups is 1. The topological polar surface area (TPSA) is 87.8 Å². The lowest BCUT2D eigenvalue weighted by atomic mass is 10.1. The highest BCUT2D eigenvalue weighted by atomic mass is 19.1. The molecule has 2 fully saturated rings. The Bertz CT molecular complexity index is 565. The van der Waals surface area contributed by atoms with Crippen LogP contribution < -0.4 is 15.8 Å². The number of aliphatic hydroxyl groups excluding tert-OH is 1. The van der Waals surface area contributed by atoms with E-state index in [1.165, 1.54) is 12.1 Å². The molecule has 2 amide bonds. The molecule has 6 nitrogen and oxygen atoms in total. The molecule has 2 aliphatic rings. The number of benzene rings is 1. The lowest BCUT2D eigenvalue weighted by molar-refractivity contribution is 0.0142. The van der Waals surface area contributed by atoms with Gasteiger partial charge in [0.1, 0.15) is 23.8 Å². The zero-order valence-corrected chi connectivity index (χ0v) is 12.8. The molecule has 1 heterocycles. The molecule has 1 aromatic rings. The minimum Gasteiger partial charge on any atom is -0.487 e. The van der Waals surface area contributed by atoms with Gasteiger partial charge in [-0.15, -0.1) is 0 Å². The van der Waals surface area contributed by atoms with Crippen LogP contribution in [0.15, 0.2) is 24.3 Å². The predicted molar refractivity (Wildman–Crippen MR) is 82.5 cm³/mol. The quantitative estimate of drug-likeness (QED) is 0.766. The number of hydrogen-bond donors (Lipinski definition) is 3. The van der Waals surface area contributed by atoms with Crippen LogP contribution in [-0.2, 0) is 0 Å². The van der Waals surface area contributed by atoms with E-state index in [4.69, 9.17) is 10.5 Å². The van der Waals surface area contributed by atoms with Gasteiger partial charge in [-0.1, -0.05) is 6.07 Å². The SMILES string of the molecule is NC(=O)N[C@@H]1C[C@@H](Oc2cccc(F)c2)[C@H](O)[C@H]1N1CCCC1. The summed E-state index contributed by atoms with van der Waals surface area (Å²) in [6.45, 7) is 1.76. The molecule has 126 valence electrons. The number of aliphatic hydroxyl groups is 1. The van der Waals surface area contributed by atoms with E-state index in [1.54, 1.807) is 12.1 Å². The van der Waals surface area contributed by atoms with Gasteiger partial charge in [-0.2, -0.15) is 0 Å². The van der Waals surface area contributed by atoms with E-state index in [0.29, 0.717) is 12.2 Å². The first-order valence-corrected chi connectivity index (χ1v) is 7.95. The van der Waals surface area contributed by atoms with Crippen LogP contribution in [0.5, 0.6) is 5.75 Å². The fraction of sp³-hybridized carbons (Fsp3) is 0.562. The number of amides is 2. The number of halogens is 1. The number of nitrogens with one attached hydrogen (secondary N) is 1. The number of likely N-dealkylation sites (tertiary alicyclic amines) is 1. The maximum absolute atomic E-state index is 13.3. The molecule has 4 N–H and O–H groups in total. The van der Waals surface area contributed by atoms with Crippen LogP contribution in [0.3, 0.4) is 0 Å². The van der Waals surface area contributed by atoms with Gasteiger partial charge in [-0.3, -0.25) is 4.90 Å². The maximum atomic E-state index is 13.3. The Kier molecular flexibility index (Phi) is 4.68. The number of carbonyl (C=O) groups excluding carboxylic acids is 1. The number of rotatable bonds is 4. The fourth-order valence-corrected chi connectivity index (χ4v) is 3.66. The molecule has 0 aromatic heterocycles. The minimum absolute atomic E-state index is 0.233. The van der Waals surface area contributed by atoms with Gasteiger partial charge >= 0.3 is 6.03 Å². The summed E-state index contributed by atoms with van der Waals surface area (Å²) in [7, 11) is 0. The third kappa shape index (κ3) is 3.56. The highest BCUT2D eigenvalue weighted by Crippen LogP contribution is 2.31. The van der Waals surface area contributed by atoms with Crippen LogP contribution in [-0.4, -0.2) is 53.4 Å². The van der Waals surface area contributed by atoms with E-state index in [-0.39, 0.29) is 12.1 Å². The first kappa shape index (κ1) is 16.0. The minimum atomic E-state index is -0.770. The Balaban J connectivity index is 1.75. The number of nitrogens with zero attached hydrogens (tertiary/aromatic N) is 1. The molecule has 1 aliphatic heterocycles. The first-order chi connectivity index (χ1) is 11.0. The van der Waals surface area contributed by atoms with Crippen molar-refractivity contribution < 1.29 is 19.0 Å². The van der Waals surface area contributed by atoms with Gasteiger partial charge in [0.2, 0.25) is 0 Å². The van der Waals surface area contributed by atoms with Crippen molar-refractivity contribution in [1.82, 2.24) is 10.2 Å². The normalized spacial score (nSPS) is 31.2. The van der Waals surface area contributed by atoms with Crippen molar-refractivity contribution in [1.29, 1.82) is 0 Å². The predicted octanol–water partition coefficient (Wildman–Crippen LogP) is 0.839. The summed E-state index contributed by atoms with van der Waals surface area (Å²) in [6, 6.07) is 4.70. The Labute approximate surface area is 134 Å². The molecule has 0 bridgehead atoms. The first-order valence-electron chi connectivity index (χ1n) is 7.95. The number of urea groups is 1. The van der Waals surface area contributed by atoms with Crippen LogP contribution in [0.2, 0.25) is 0 Å². The number of primary amides is 1. The van der Waals surface area contributed by atoms with Gasteiger partial charge in [0.15, 0.2) is 0 Å². The highest BCUT2D eigenvalue weighted by Gasteiger charge is 2.47. The second-order valence-electron chi connectivity index (χ2n) is 6.19. The van der Waals surface area contributed by atoms with Gasteiger partial charge in [0.05, 0.1) is 12.1 Å². The summed E-state index contributed by atoms with van der Waals surface area (Å²) in [6.07, 6.45) is 1.29. The third-order valence-electron chi connectivity index (χ3n) is 4.60. The maximum Gasteiger partial charge on any atom is 0.312 e. The largest absolute Gasteiger partial charge is 0.487 e. The van der Waals surface area contributed by atoms with Gasteiger partial charge in [0, 0.05) is 12.5 Å². The Morgan fingerprint density at radius 2 is 2.13 bits per heavy atom. The van der Waals surface area contributed by atoms with Crippen LogP contribution >= 0.6 is 0 Å². The third-order valence-corrected chi connectivity index (χ3v) is 4.60. The van der Waals surface area contributed by atoms with Crippen molar-refractivity contribution in [3.63, 3.8) is 0 Å². The monoisotopic (exact) mass is 323 g/mol. The van der Waals surface area contributed by atoms with Crippen LogP contribution in [0.25, 0.3) is 0 Å². The van der Waals surface area contributed by atoms with E-state index in [1.807, 2.05) is 0 Å². The van der Waals surface area contributed by atoms with E-state index in [9.17, 15) is 14.3 Å². The molecule has 0 spiro atoms. The molecule has 1 aliphatic carbocycles. The zero-order valence-electron chi connectivity index (χ0n) is 12.8. The molecule has 4 atom stereocenters. The van der Waals surface area contributed by atoms with E-state index >= 15 is 0 Å². The zero-order chi connectivity index (χ0) is 16.4. The Hall–Kier alpha value is -1.86. The van der Waals surface area contributed by atoms with E-state index in [2.05, 4.69) is 10.2 Å². The van der Waals surface area contributed by atoms with Gasteiger partial charge < -0.3 is 20.9 Å². The van der Waals surface area contributed by atoms with Gasteiger partial charge in [-0.25, -0.2) is 9.18 Å². The van der Waals surface area contributed by atoms with Crippen molar-refractivity contribution in [2.24, 2.45) is 5.73 Å². The molecular formula is C16H22FN3O3. The van der Waals surface area contributed by atoms with E-state index < -0.39 is 24.1 Å². The molecule has 1 aromatic carbocycles. The summed E-state index contributed by atoms with van der Waals surface area (Å²) < 4.78 is 19.0. The molecule has 0 radical (unpaired) electrons. The number of hydrogen-bond acceptors (Lipinski definition) is 4. The molecule has 3 rings (SSSR count). The fourth-order valence-electron chi connectivity index (χ4n) is 3.66. The van der Waals surface area contributed by atoms with Crippen molar-refractivity contribution in [2.75, 3.05) is 13.1 Å². The molecule has 0 unspecified atom stereocenters. The second-order valence-corrected chi connectivity index (χ2v) is 6.19.